The zero-order valence-corrected chi connectivity index (χ0v) is 24.8. The summed E-state index contributed by atoms with van der Waals surface area (Å²) in [4.78, 5) is 19.3. The number of piperidine rings is 1. The number of hydrogen-bond acceptors (Lipinski definition) is 5. The van der Waals surface area contributed by atoms with E-state index in [1.165, 1.54) is 12.1 Å². The zero-order valence-electron chi connectivity index (χ0n) is 24.8. The van der Waals surface area contributed by atoms with Crippen LogP contribution in [0.4, 0.5) is 14.5 Å². The fourth-order valence-corrected chi connectivity index (χ4v) is 5.15. The average Bonchev–Trinajstić information content (AvgIpc) is 2.89. The molecule has 1 fully saturated rings. The van der Waals surface area contributed by atoms with Crippen molar-refractivity contribution in [1.29, 1.82) is 0 Å². The Labute approximate surface area is 241 Å². The number of carboxylic acids is 1. The first-order valence-corrected chi connectivity index (χ1v) is 14.1. The van der Waals surface area contributed by atoms with Crippen molar-refractivity contribution in [2.75, 3.05) is 24.6 Å². The van der Waals surface area contributed by atoms with Gasteiger partial charge in [0.1, 0.15) is 5.82 Å². The predicted octanol–water partition coefficient (Wildman–Crippen LogP) is 7.52. The molecule has 1 aliphatic rings. The first-order valence-electron chi connectivity index (χ1n) is 14.1. The number of hydrogen-bond donors (Lipinski definition) is 1. The van der Waals surface area contributed by atoms with Gasteiger partial charge in [-0.05, 0) is 75.3 Å². The first kappa shape index (κ1) is 30.4. The molecule has 0 spiro atoms. The van der Waals surface area contributed by atoms with Crippen molar-refractivity contribution in [2.45, 2.75) is 72.5 Å². The number of aliphatic carboxylic acids is 1. The van der Waals surface area contributed by atoms with Gasteiger partial charge in [-0.1, -0.05) is 38.1 Å². The molecule has 2 aromatic carbocycles. The van der Waals surface area contributed by atoms with Gasteiger partial charge in [-0.3, -0.25) is 4.98 Å². The minimum Gasteiger partial charge on any atom is -0.490 e. The summed E-state index contributed by atoms with van der Waals surface area (Å²) in [5.41, 5.74) is 2.87. The van der Waals surface area contributed by atoms with E-state index in [1.54, 1.807) is 43.5 Å². The molecule has 0 radical (unpaired) electrons. The Bertz CT molecular complexity index is 1390. The van der Waals surface area contributed by atoms with E-state index in [0.29, 0.717) is 40.1 Å². The van der Waals surface area contributed by atoms with E-state index in [-0.39, 0.29) is 23.6 Å². The number of nitrogens with zero attached hydrogens (tertiary/aromatic N) is 2. The third-order valence-corrected chi connectivity index (χ3v) is 7.51. The van der Waals surface area contributed by atoms with Crippen LogP contribution in [-0.2, 0) is 16.0 Å². The summed E-state index contributed by atoms with van der Waals surface area (Å²) in [7, 11) is 0. The predicted molar refractivity (Wildman–Crippen MR) is 156 cm³/mol. The Morgan fingerprint density at radius 3 is 2.39 bits per heavy atom. The minimum atomic E-state index is -1.25. The Morgan fingerprint density at radius 2 is 1.78 bits per heavy atom. The van der Waals surface area contributed by atoms with Crippen molar-refractivity contribution in [2.24, 2.45) is 5.41 Å². The maximum Gasteiger partial charge on any atom is 0.337 e. The maximum atomic E-state index is 15.4. The summed E-state index contributed by atoms with van der Waals surface area (Å²) in [6.45, 7) is 13.3. The van der Waals surface area contributed by atoms with Crippen LogP contribution in [0.5, 0.6) is 5.75 Å². The molecule has 0 bridgehead atoms. The highest BCUT2D eigenvalue weighted by molar-refractivity contribution is 5.86. The number of aromatic nitrogens is 1. The molecule has 0 amide bonds. The van der Waals surface area contributed by atoms with Gasteiger partial charge in [0, 0.05) is 42.5 Å². The molecule has 1 atom stereocenters. The van der Waals surface area contributed by atoms with Gasteiger partial charge in [0.15, 0.2) is 17.7 Å². The van der Waals surface area contributed by atoms with Crippen molar-refractivity contribution in [3.63, 3.8) is 0 Å². The number of anilines is 1. The number of aryl methyl sites for hydroxylation is 1. The lowest BCUT2D eigenvalue weighted by atomic mass is 9.82. The molecule has 41 heavy (non-hydrogen) atoms. The van der Waals surface area contributed by atoms with Gasteiger partial charge in [0.2, 0.25) is 0 Å². The maximum absolute atomic E-state index is 15.4. The molecule has 1 saturated heterocycles. The number of pyridine rings is 1. The van der Waals surface area contributed by atoms with E-state index < -0.39 is 23.5 Å². The van der Waals surface area contributed by atoms with Crippen LogP contribution in [-0.4, -0.2) is 41.4 Å². The molecule has 1 aliphatic heterocycles. The summed E-state index contributed by atoms with van der Waals surface area (Å²) in [5.74, 6) is -1.93. The Hall–Kier alpha value is -3.52. The van der Waals surface area contributed by atoms with Crippen LogP contribution in [0.1, 0.15) is 70.4 Å². The molecule has 220 valence electrons. The second kappa shape index (κ2) is 12.1. The molecular weight excluding hydrogens is 526 g/mol. The molecule has 4 rings (SSSR count). The first-order chi connectivity index (χ1) is 19.3. The van der Waals surface area contributed by atoms with Crippen LogP contribution in [0.25, 0.3) is 11.1 Å². The van der Waals surface area contributed by atoms with Crippen LogP contribution >= 0.6 is 0 Å². The van der Waals surface area contributed by atoms with E-state index in [2.05, 4.69) is 23.7 Å². The minimum absolute atomic E-state index is 0.0612. The Kier molecular flexibility index (Phi) is 9.02. The topological polar surface area (TPSA) is 71.9 Å². The van der Waals surface area contributed by atoms with Crippen molar-refractivity contribution in [3.05, 3.63) is 77.1 Å². The molecule has 2 heterocycles. The lowest BCUT2D eigenvalue weighted by Gasteiger charge is -2.41. The van der Waals surface area contributed by atoms with E-state index in [9.17, 15) is 14.3 Å². The van der Waals surface area contributed by atoms with Gasteiger partial charge in [0.05, 0.1) is 17.9 Å². The number of carbonyl (C=O) groups is 1. The molecule has 1 N–H and O–H groups in total. The van der Waals surface area contributed by atoms with Gasteiger partial charge in [-0.2, -0.15) is 0 Å². The molecule has 8 heteroatoms. The summed E-state index contributed by atoms with van der Waals surface area (Å²) < 4.78 is 41.0. The molecular formula is C33H40F2N2O4. The van der Waals surface area contributed by atoms with Crippen molar-refractivity contribution < 1.29 is 28.2 Å². The lowest BCUT2D eigenvalue weighted by Crippen LogP contribution is -2.39. The fourth-order valence-electron chi connectivity index (χ4n) is 5.15. The second-order valence-electron chi connectivity index (χ2n) is 12.5. The second-order valence-corrected chi connectivity index (χ2v) is 12.5. The normalized spacial score (nSPS) is 16.0. The smallest absolute Gasteiger partial charge is 0.337 e. The summed E-state index contributed by atoms with van der Waals surface area (Å²) in [6.07, 6.45) is 2.58. The van der Waals surface area contributed by atoms with E-state index in [0.717, 1.165) is 25.9 Å². The number of benzene rings is 2. The molecule has 6 nitrogen and oxygen atoms in total. The lowest BCUT2D eigenvalue weighted by molar-refractivity contribution is -0.160. The van der Waals surface area contributed by atoms with Crippen LogP contribution in [0.2, 0.25) is 0 Å². The van der Waals surface area contributed by atoms with Crippen LogP contribution in [0.3, 0.4) is 0 Å². The Morgan fingerprint density at radius 1 is 1.10 bits per heavy atom. The summed E-state index contributed by atoms with van der Waals surface area (Å²) in [6, 6.07) is 11.1. The van der Waals surface area contributed by atoms with Crippen LogP contribution in [0.15, 0.2) is 48.7 Å². The summed E-state index contributed by atoms with van der Waals surface area (Å²) >= 11 is 0. The molecule has 3 aromatic rings. The van der Waals surface area contributed by atoms with Crippen molar-refractivity contribution in [1.82, 2.24) is 4.98 Å². The number of halogens is 2. The van der Waals surface area contributed by atoms with Crippen molar-refractivity contribution in [3.8, 4) is 16.9 Å². The number of rotatable bonds is 9. The largest absolute Gasteiger partial charge is 0.490 e. The standard InChI is InChI=1S/C33H40F2N2O4/c1-21-28(30(31(38)39)41-32(2,3)4)29(37-16-14-33(5,6)15-17-37)24(20-36-21)23-11-12-27(26(35)19-23)40-18-13-22-9-7-8-10-25(22)34/h7-12,19-20,30H,13-18H2,1-6H3,(H,38,39). The molecule has 0 aliphatic carbocycles. The molecule has 1 unspecified atom stereocenters. The number of ether oxygens (including phenoxy) is 2. The monoisotopic (exact) mass is 566 g/mol. The average molecular weight is 567 g/mol. The molecule has 1 aromatic heterocycles. The SMILES string of the molecule is Cc1ncc(-c2ccc(OCCc3ccccc3F)c(F)c2)c(N2CCC(C)(C)CC2)c1C(OC(C)(C)C)C(=O)O. The Balaban J connectivity index is 1.72. The van der Waals surface area contributed by atoms with Gasteiger partial charge < -0.3 is 19.5 Å². The number of carboxylic acid groups (broad SMARTS) is 1. The van der Waals surface area contributed by atoms with Crippen LogP contribution in [0, 0.1) is 24.0 Å². The third-order valence-electron chi connectivity index (χ3n) is 7.51. The third kappa shape index (κ3) is 7.41. The van der Waals surface area contributed by atoms with E-state index in [4.69, 9.17) is 9.47 Å². The zero-order chi connectivity index (χ0) is 29.9. The van der Waals surface area contributed by atoms with E-state index >= 15 is 4.39 Å². The van der Waals surface area contributed by atoms with Crippen molar-refractivity contribution >= 4 is 11.7 Å². The highest BCUT2D eigenvalue weighted by Gasteiger charge is 2.35. The summed E-state index contributed by atoms with van der Waals surface area (Å²) in [5, 5.41) is 10.3. The quantitative estimate of drug-likeness (QED) is 0.289. The van der Waals surface area contributed by atoms with Gasteiger partial charge in [-0.15, -0.1) is 0 Å². The van der Waals surface area contributed by atoms with E-state index in [1.807, 2.05) is 20.8 Å². The molecule has 0 saturated carbocycles. The van der Waals surface area contributed by atoms with Gasteiger partial charge in [-0.25, -0.2) is 13.6 Å². The van der Waals surface area contributed by atoms with Crippen LogP contribution < -0.4 is 9.64 Å². The highest BCUT2D eigenvalue weighted by Crippen LogP contribution is 2.44. The highest BCUT2D eigenvalue weighted by atomic mass is 19.1. The van der Waals surface area contributed by atoms with Gasteiger partial charge in [0.25, 0.3) is 0 Å². The van der Waals surface area contributed by atoms with Gasteiger partial charge >= 0.3 is 5.97 Å². The fraction of sp³-hybridized carbons (Fsp3) is 0.455.